The van der Waals surface area contributed by atoms with E-state index in [1.807, 2.05) is 134 Å². The van der Waals surface area contributed by atoms with Crippen molar-refractivity contribution in [2.24, 2.45) is 0 Å². The predicted molar refractivity (Wildman–Crippen MR) is 296 cm³/mol. The summed E-state index contributed by atoms with van der Waals surface area (Å²) < 4.78 is 62.4. The number of ether oxygens (including phenoxy) is 8. The Morgan fingerprint density at radius 2 is 1.01 bits per heavy atom. The minimum Gasteiger partial charge on any atom is -0.496 e. The average Bonchev–Trinajstić information content (AvgIpc) is 3.52. The van der Waals surface area contributed by atoms with Gasteiger partial charge in [0.1, 0.15) is 37.6 Å². The Hall–Kier alpha value is -8.40. The van der Waals surface area contributed by atoms with Crippen LogP contribution in [0.2, 0.25) is 18.1 Å². The van der Waals surface area contributed by atoms with E-state index >= 15 is 9.59 Å². The van der Waals surface area contributed by atoms with E-state index in [2.05, 4.69) is 20.8 Å². The second-order valence-corrected chi connectivity index (χ2v) is 24.5. The molecule has 0 spiro atoms. The van der Waals surface area contributed by atoms with E-state index in [-0.39, 0.29) is 82.8 Å². The first-order valence-corrected chi connectivity index (χ1v) is 27.9. The van der Waals surface area contributed by atoms with Crippen molar-refractivity contribution in [2.45, 2.75) is 77.9 Å². The van der Waals surface area contributed by atoms with E-state index in [9.17, 15) is 9.59 Å². The van der Waals surface area contributed by atoms with Gasteiger partial charge in [0.05, 0.1) is 45.5 Å². The summed E-state index contributed by atoms with van der Waals surface area (Å²) in [6.07, 6.45) is -1.77. The molecule has 1 unspecified atom stereocenters. The van der Waals surface area contributed by atoms with E-state index in [1.165, 1.54) is 34.5 Å². The average molecular weight is 1060 g/mol. The van der Waals surface area contributed by atoms with E-state index in [4.69, 9.17) is 46.7 Å². The fourth-order valence-electron chi connectivity index (χ4n) is 8.55. The number of rotatable bonds is 23. The summed E-state index contributed by atoms with van der Waals surface area (Å²) in [4.78, 5) is 58.3. The number of fused-ring (bicyclic) bond motifs is 2. The molecule has 0 N–H and O–H groups in total. The lowest BCUT2D eigenvalue weighted by Crippen LogP contribution is -2.42. The third-order valence-corrected chi connectivity index (χ3v) is 18.1. The molecule has 1 aromatic heterocycles. The van der Waals surface area contributed by atoms with E-state index < -0.39 is 49.0 Å². The second kappa shape index (κ2) is 24.1. The Morgan fingerprint density at radius 1 is 0.545 bits per heavy atom. The monoisotopic (exact) mass is 1060 g/mol. The van der Waals surface area contributed by atoms with Crippen LogP contribution in [-0.4, -0.2) is 54.3 Å². The number of Topliss-reactive ketones (excluding diaryl/α,β-unsaturated/α-hetero) is 2. The second-order valence-electron chi connectivity index (χ2n) is 19.7. The number of benzene rings is 7. The number of methoxy groups -OCH3 is 4. The summed E-state index contributed by atoms with van der Waals surface area (Å²) in [6.45, 7) is 10.2. The van der Waals surface area contributed by atoms with Crippen molar-refractivity contribution in [3.8, 4) is 40.2 Å². The Kier molecular flexibility index (Phi) is 17.1. The Bertz CT molecular complexity index is 3440. The molecule has 0 fully saturated rings. The molecule has 8 rings (SSSR count). The number of ketones is 2. The molecule has 77 heavy (non-hydrogen) atoms. The lowest BCUT2D eigenvalue weighted by atomic mass is 9.94. The van der Waals surface area contributed by atoms with Crippen LogP contribution in [0.3, 0.4) is 0 Å². The summed E-state index contributed by atoms with van der Waals surface area (Å²) in [6, 6.07) is 43.7. The molecule has 7 aromatic carbocycles. The van der Waals surface area contributed by atoms with Gasteiger partial charge in [-0.25, -0.2) is 9.59 Å². The van der Waals surface area contributed by atoms with Crippen molar-refractivity contribution < 1.29 is 61.1 Å². The minimum atomic E-state index is -2.93. The smallest absolute Gasteiger partial charge is 0.374 e. The molecule has 0 aliphatic heterocycles. The molecule has 0 aliphatic carbocycles. The first kappa shape index (κ1) is 54.8. The lowest BCUT2D eigenvalue weighted by Gasteiger charge is -2.39. The van der Waals surface area contributed by atoms with Gasteiger partial charge < -0.3 is 46.7 Å². The van der Waals surface area contributed by atoms with Crippen molar-refractivity contribution in [1.29, 1.82) is 0 Å². The number of esters is 1. The molecule has 1 heterocycles. The zero-order valence-corrected chi connectivity index (χ0v) is 45.7. The van der Waals surface area contributed by atoms with Gasteiger partial charge in [0, 0.05) is 23.4 Å². The normalized spacial score (nSPS) is 11.9. The fourth-order valence-corrected chi connectivity index (χ4v) is 9.83. The fraction of sp³-hybridized carbons (Fsp3) is 0.258. The molecule has 15 heteroatoms. The Balaban J connectivity index is 1.36. The van der Waals surface area contributed by atoms with E-state index in [0.29, 0.717) is 22.3 Å². The summed E-state index contributed by atoms with van der Waals surface area (Å²) >= 11 is 0. The quantitative estimate of drug-likeness (QED) is 0.0257. The molecule has 14 nitrogen and oxygen atoms in total. The van der Waals surface area contributed by atoms with Crippen LogP contribution in [0, 0.1) is 0 Å². The molecule has 0 radical (unpaired) electrons. The van der Waals surface area contributed by atoms with Crippen molar-refractivity contribution in [1.82, 2.24) is 0 Å². The van der Waals surface area contributed by atoms with Gasteiger partial charge in [-0.1, -0.05) is 142 Å². The molecule has 0 bridgehead atoms. The summed E-state index contributed by atoms with van der Waals surface area (Å²) in [5, 5.41) is 0.495. The molecule has 0 saturated heterocycles. The van der Waals surface area contributed by atoms with Crippen LogP contribution in [0.25, 0.3) is 21.5 Å². The third-order valence-electron chi connectivity index (χ3n) is 13.6. The highest BCUT2D eigenvalue weighted by Gasteiger charge is 2.42. The maximum atomic E-state index is 15.6. The minimum absolute atomic E-state index is 0.00659. The number of carbonyl (C=O) groups is 3. The van der Waals surface area contributed by atoms with E-state index in [1.54, 1.807) is 18.2 Å². The molecule has 0 saturated carbocycles. The van der Waals surface area contributed by atoms with Gasteiger partial charge in [0.15, 0.2) is 42.8 Å². The van der Waals surface area contributed by atoms with Crippen molar-refractivity contribution in [3.63, 3.8) is 0 Å². The Labute approximate surface area is 448 Å². The van der Waals surface area contributed by atoms with E-state index in [0.717, 1.165) is 22.3 Å². The molecule has 398 valence electrons. The van der Waals surface area contributed by atoms with Crippen LogP contribution in [0.1, 0.15) is 82.0 Å². The summed E-state index contributed by atoms with van der Waals surface area (Å²) in [7, 11) is 2.72. The molecule has 1 atom stereocenters. The van der Waals surface area contributed by atoms with Crippen LogP contribution in [0.15, 0.2) is 155 Å². The van der Waals surface area contributed by atoms with Crippen molar-refractivity contribution in [3.05, 3.63) is 195 Å². The Morgan fingerprint density at radius 3 is 1.47 bits per heavy atom. The highest BCUT2D eigenvalue weighted by atomic mass is 28.4. The summed E-state index contributed by atoms with van der Waals surface area (Å²) in [5.74, 6) is -2.03. The molecule has 8 aromatic rings. The topological polar surface area (TPSA) is 164 Å². The molecular formula is C62H62O14Si. The SMILES string of the molecule is COC(=O)c1cc2cc(C(CC(=O)C(=O)c3cc4c(OC)cc(OC)c(OC)c4c(OCc4ccccc4)c3OCc3ccccc3)O[Si](C)(C)C(C)(C)C)c(OCc3ccccc3)c(OCc3ccccc3)c2c(=O)o1. The maximum Gasteiger partial charge on any atom is 0.374 e. The first-order valence-electron chi connectivity index (χ1n) is 25.0. The molecule has 0 aliphatic rings. The number of hydrogen-bond donors (Lipinski definition) is 0. The highest BCUT2D eigenvalue weighted by molar-refractivity contribution is 6.74. The highest BCUT2D eigenvalue weighted by Crippen LogP contribution is 2.52. The number of carbonyl (C=O) groups excluding carboxylic acids is 3. The van der Waals surface area contributed by atoms with Gasteiger partial charge in [-0.2, -0.15) is 0 Å². The maximum absolute atomic E-state index is 15.6. The lowest BCUT2D eigenvalue weighted by molar-refractivity contribution is -0.116. The van der Waals surface area contributed by atoms with Gasteiger partial charge in [0.25, 0.3) is 0 Å². The number of hydrogen-bond acceptors (Lipinski definition) is 14. The van der Waals surface area contributed by atoms with Gasteiger partial charge in [-0.05, 0) is 64.0 Å². The van der Waals surface area contributed by atoms with Gasteiger partial charge in [-0.15, -0.1) is 0 Å². The summed E-state index contributed by atoms with van der Waals surface area (Å²) in [5.41, 5.74) is 2.39. The van der Waals surface area contributed by atoms with Crippen molar-refractivity contribution >= 4 is 47.4 Å². The van der Waals surface area contributed by atoms with Gasteiger partial charge in [0.2, 0.25) is 17.3 Å². The van der Waals surface area contributed by atoms with Crippen LogP contribution in [-0.2, 0) is 40.4 Å². The molecule has 0 amide bonds. The predicted octanol–water partition coefficient (Wildman–Crippen LogP) is 13.0. The molecular weight excluding hydrogens is 997 g/mol. The van der Waals surface area contributed by atoms with Crippen LogP contribution in [0.5, 0.6) is 40.2 Å². The third kappa shape index (κ3) is 12.3. The largest absolute Gasteiger partial charge is 0.496 e. The first-order chi connectivity index (χ1) is 37.0. The van der Waals surface area contributed by atoms with Gasteiger partial charge in [-0.3, -0.25) is 9.59 Å². The van der Waals surface area contributed by atoms with Crippen molar-refractivity contribution in [2.75, 3.05) is 28.4 Å². The van der Waals surface area contributed by atoms with Crippen LogP contribution in [0.4, 0.5) is 0 Å². The van der Waals surface area contributed by atoms with Crippen LogP contribution < -0.4 is 38.8 Å². The van der Waals surface area contributed by atoms with Gasteiger partial charge >= 0.3 is 11.6 Å². The standard InChI is InChI=1S/C62H62O14Si/c1-62(2,3)77(8,9)76-49(45-30-43-31-51(60(65)70-7)75-61(66)52(43)58(73-37-41-26-18-12-19-27-41)55(45)71-35-39-22-14-10-15-23-39)33-47(63)54(64)46-32-44-48(67-4)34-50(68-5)57(69-6)53(44)59(74-38-42-28-20-13-21-29-42)56(46)72-36-40-24-16-11-17-25-40/h10-32,34,49H,33,35-38H2,1-9H3. The zero-order chi connectivity index (χ0) is 54.9. The van der Waals surface area contributed by atoms with Crippen LogP contribution >= 0.6 is 0 Å². The zero-order valence-electron chi connectivity index (χ0n) is 44.7.